The molecule has 4 nitrogen and oxygen atoms in total. The van der Waals surface area contributed by atoms with E-state index in [4.69, 9.17) is 0 Å². The number of aryl methyl sites for hydroxylation is 1. The van der Waals surface area contributed by atoms with Crippen molar-refractivity contribution in [3.05, 3.63) is 65.7 Å². The van der Waals surface area contributed by atoms with E-state index in [-0.39, 0.29) is 23.0 Å². The Morgan fingerprint density at radius 1 is 1.00 bits per heavy atom. The van der Waals surface area contributed by atoms with Crippen molar-refractivity contribution < 1.29 is 13.2 Å². The Bertz CT molecular complexity index is 740. The Kier molecular flexibility index (Phi) is 5.33. The first-order valence-corrected chi connectivity index (χ1v) is 8.73. The third kappa shape index (κ3) is 4.43. The van der Waals surface area contributed by atoms with Crippen LogP contribution in [0.3, 0.4) is 0 Å². The van der Waals surface area contributed by atoms with Crippen LogP contribution >= 0.6 is 0 Å². The van der Waals surface area contributed by atoms with E-state index >= 15 is 0 Å². The monoisotopic (exact) mass is 317 g/mol. The lowest BCUT2D eigenvalue weighted by atomic mass is 10.1. The van der Waals surface area contributed by atoms with Gasteiger partial charge in [-0.1, -0.05) is 42.5 Å². The Balaban J connectivity index is 1.87. The van der Waals surface area contributed by atoms with Gasteiger partial charge in [0.15, 0.2) is 9.84 Å². The number of hydrogen-bond acceptors (Lipinski definition) is 3. The Labute approximate surface area is 131 Å². The maximum absolute atomic E-state index is 12.1. The van der Waals surface area contributed by atoms with Crippen molar-refractivity contribution in [2.24, 2.45) is 0 Å². The molecule has 0 saturated heterocycles. The van der Waals surface area contributed by atoms with Crippen LogP contribution in [0.4, 0.5) is 0 Å². The molecule has 116 valence electrons. The number of rotatable bonds is 6. The van der Waals surface area contributed by atoms with Crippen molar-refractivity contribution in [1.82, 2.24) is 5.32 Å². The average molecular weight is 317 g/mol. The molecule has 0 spiro atoms. The van der Waals surface area contributed by atoms with Gasteiger partial charge in [0.25, 0.3) is 0 Å². The van der Waals surface area contributed by atoms with E-state index in [1.54, 1.807) is 30.3 Å². The SMILES string of the molecule is Cc1ccccc1CNC(=O)CCS(=O)(=O)c1ccccc1. The molecule has 0 aliphatic heterocycles. The summed E-state index contributed by atoms with van der Waals surface area (Å²) in [7, 11) is -3.41. The molecule has 0 fully saturated rings. The summed E-state index contributed by atoms with van der Waals surface area (Å²) in [4.78, 5) is 12.1. The molecule has 0 heterocycles. The molecule has 1 amide bonds. The summed E-state index contributed by atoms with van der Waals surface area (Å²) in [5, 5.41) is 2.76. The van der Waals surface area contributed by atoms with E-state index in [1.807, 2.05) is 31.2 Å². The van der Waals surface area contributed by atoms with Crippen molar-refractivity contribution in [3.63, 3.8) is 0 Å². The Morgan fingerprint density at radius 2 is 1.64 bits per heavy atom. The molecule has 22 heavy (non-hydrogen) atoms. The van der Waals surface area contributed by atoms with E-state index in [0.717, 1.165) is 11.1 Å². The lowest BCUT2D eigenvalue weighted by Crippen LogP contribution is -2.25. The molecule has 0 aliphatic rings. The van der Waals surface area contributed by atoms with Crippen LogP contribution in [0.5, 0.6) is 0 Å². The summed E-state index contributed by atoms with van der Waals surface area (Å²) in [6.07, 6.45) is -0.0386. The molecule has 0 saturated carbocycles. The smallest absolute Gasteiger partial charge is 0.221 e. The van der Waals surface area contributed by atoms with Crippen molar-refractivity contribution >= 4 is 15.7 Å². The molecule has 0 unspecified atom stereocenters. The highest BCUT2D eigenvalue weighted by Gasteiger charge is 2.15. The van der Waals surface area contributed by atoms with E-state index in [1.165, 1.54) is 0 Å². The summed E-state index contributed by atoms with van der Waals surface area (Å²) in [5.74, 6) is -0.445. The zero-order valence-electron chi connectivity index (χ0n) is 12.5. The average Bonchev–Trinajstić information content (AvgIpc) is 2.53. The number of benzene rings is 2. The van der Waals surface area contributed by atoms with Gasteiger partial charge >= 0.3 is 0 Å². The maximum Gasteiger partial charge on any atom is 0.221 e. The predicted molar refractivity (Wildman–Crippen MR) is 86.1 cm³/mol. The van der Waals surface area contributed by atoms with Crippen molar-refractivity contribution in [2.45, 2.75) is 24.8 Å². The highest BCUT2D eigenvalue weighted by Crippen LogP contribution is 2.11. The van der Waals surface area contributed by atoms with Gasteiger partial charge in [-0.2, -0.15) is 0 Å². The van der Waals surface area contributed by atoms with Crippen molar-refractivity contribution in [3.8, 4) is 0 Å². The van der Waals surface area contributed by atoms with Crippen LogP contribution in [0.15, 0.2) is 59.5 Å². The molecule has 0 atom stereocenters. The minimum Gasteiger partial charge on any atom is -0.352 e. The lowest BCUT2D eigenvalue weighted by Gasteiger charge is -2.08. The van der Waals surface area contributed by atoms with Crippen LogP contribution in [0.2, 0.25) is 0 Å². The van der Waals surface area contributed by atoms with Gasteiger partial charge in [-0.05, 0) is 30.2 Å². The normalized spacial score (nSPS) is 11.1. The fourth-order valence-electron chi connectivity index (χ4n) is 2.06. The van der Waals surface area contributed by atoms with E-state index in [2.05, 4.69) is 5.32 Å². The third-order valence-corrected chi connectivity index (χ3v) is 5.17. The van der Waals surface area contributed by atoms with Gasteiger partial charge < -0.3 is 5.32 Å². The van der Waals surface area contributed by atoms with Crippen LogP contribution in [0, 0.1) is 6.92 Å². The summed E-state index contributed by atoms with van der Waals surface area (Å²) in [6, 6.07) is 15.9. The van der Waals surface area contributed by atoms with E-state index < -0.39 is 9.84 Å². The molecule has 1 N–H and O–H groups in total. The second-order valence-corrected chi connectivity index (χ2v) is 7.19. The van der Waals surface area contributed by atoms with Gasteiger partial charge in [-0.15, -0.1) is 0 Å². The van der Waals surface area contributed by atoms with Gasteiger partial charge in [0, 0.05) is 13.0 Å². The number of sulfone groups is 1. The molecular weight excluding hydrogens is 298 g/mol. The van der Waals surface area contributed by atoms with Gasteiger partial charge in [0.2, 0.25) is 5.91 Å². The topological polar surface area (TPSA) is 63.2 Å². The standard InChI is InChI=1S/C17H19NO3S/c1-14-7-5-6-8-15(14)13-18-17(19)11-12-22(20,21)16-9-3-2-4-10-16/h2-10H,11-13H2,1H3,(H,18,19). The van der Waals surface area contributed by atoms with E-state index in [9.17, 15) is 13.2 Å². The molecule has 2 aromatic rings. The minimum absolute atomic E-state index is 0.0386. The minimum atomic E-state index is -3.41. The number of carbonyl (C=O) groups excluding carboxylic acids is 1. The molecule has 0 bridgehead atoms. The quantitative estimate of drug-likeness (QED) is 0.890. The van der Waals surface area contributed by atoms with Gasteiger partial charge in [0.05, 0.1) is 10.6 Å². The maximum atomic E-state index is 12.1. The Hall–Kier alpha value is -2.14. The molecule has 0 aliphatic carbocycles. The fourth-order valence-corrected chi connectivity index (χ4v) is 3.33. The number of amides is 1. The number of nitrogens with one attached hydrogen (secondary N) is 1. The molecule has 0 radical (unpaired) electrons. The van der Waals surface area contributed by atoms with Crippen molar-refractivity contribution in [2.75, 3.05) is 5.75 Å². The Morgan fingerprint density at radius 3 is 2.32 bits per heavy atom. The van der Waals surface area contributed by atoms with Crippen LogP contribution in [0.1, 0.15) is 17.5 Å². The molecular formula is C17H19NO3S. The third-order valence-electron chi connectivity index (χ3n) is 3.44. The summed E-state index contributed by atoms with van der Waals surface area (Å²) >= 11 is 0. The van der Waals surface area contributed by atoms with E-state index in [0.29, 0.717) is 6.54 Å². The second-order valence-electron chi connectivity index (χ2n) is 5.09. The summed E-state index contributed by atoms with van der Waals surface area (Å²) in [6.45, 7) is 2.39. The van der Waals surface area contributed by atoms with Crippen LogP contribution in [-0.4, -0.2) is 20.1 Å². The molecule has 2 aromatic carbocycles. The zero-order chi connectivity index (χ0) is 16.0. The highest BCUT2D eigenvalue weighted by atomic mass is 32.2. The summed E-state index contributed by atoms with van der Waals surface area (Å²) in [5.41, 5.74) is 2.13. The van der Waals surface area contributed by atoms with Crippen molar-refractivity contribution in [1.29, 1.82) is 0 Å². The lowest BCUT2D eigenvalue weighted by molar-refractivity contribution is -0.120. The predicted octanol–water partition coefficient (Wildman–Crippen LogP) is 2.48. The van der Waals surface area contributed by atoms with Gasteiger partial charge in [-0.25, -0.2) is 8.42 Å². The largest absolute Gasteiger partial charge is 0.352 e. The number of carbonyl (C=O) groups is 1. The molecule has 2 rings (SSSR count). The molecule has 5 heteroatoms. The van der Waals surface area contributed by atoms with Gasteiger partial charge in [-0.3, -0.25) is 4.79 Å². The zero-order valence-corrected chi connectivity index (χ0v) is 13.3. The fraction of sp³-hybridized carbons (Fsp3) is 0.235. The second kappa shape index (κ2) is 7.22. The summed E-state index contributed by atoms with van der Waals surface area (Å²) < 4.78 is 24.2. The van der Waals surface area contributed by atoms with Crippen LogP contribution in [-0.2, 0) is 21.2 Å². The van der Waals surface area contributed by atoms with Crippen LogP contribution in [0.25, 0.3) is 0 Å². The number of hydrogen-bond donors (Lipinski definition) is 1. The first-order chi connectivity index (χ1) is 10.5. The first kappa shape index (κ1) is 16.2. The highest BCUT2D eigenvalue weighted by molar-refractivity contribution is 7.91. The van der Waals surface area contributed by atoms with Gasteiger partial charge in [0.1, 0.15) is 0 Å². The first-order valence-electron chi connectivity index (χ1n) is 7.08. The van der Waals surface area contributed by atoms with Crippen LogP contribution < -0.4 is 5.32 Å². The molecule has 0 aromatic heterocycles.